The number of aliphatic hydroxyl groups is 1. The highest BCUT2D eigenvalue weighted by Gasteiger charge is 2.58. The third-order valence-electron chi connectivity index (χ3n) is 5.15. The van der Waals surface area contributed by atoms with E-state index in [1.54, 1.807) is 19.9 Å². The molecule has 3 amide bonds. The van der Waals surface area contributed by atoms with Crippen LogP contribution in [0.5, 0.6) is 5.75 Å². The van der Waals surface area contributed by atoms with Crippen molar-refractivity contribution >= 4 is 25.7 Å². The van der Waals surface area contributed by atoms with E-state index in [2.05, 4.69) is 5.09 Å². The van der Waals surface area contributed by atoms with E-state index >= 15 is 4.39 Å². The van der Waals surface area contributed by atoms with E-state index in [4.69, 9.17) is 22.6 Å². The Balaban J connectivity index is 1.89. The topological polar surface area (TPSA) is 153 Å². The first kappa shape index (κ1) is 23.8. The SMILES string of the molecule is [2H]C1CC(=O)NC(=O)N1[C@@H]1O[C@H](C([2H])([2H])O[P@@](=O)(N[C@@H](C)C(=O)OC(C)C)Oc2ccccc2)[C@@H](O)[C@@]1(C)F. The average Bonchev–Trinajstić information content (AvgIpc) is 3.02. The summed E-state index contributed by atoms with van der Waals surface area (Å²) in [5.74, 6) is -1.67. The van der Waals surface area contributed by atoms with Gasteiger partial charge >= 0.3 is 19.7 Å². The molecule has 7 atom stereocenters. The molecule has 0 spiro atoms. The number of halogens is 1. The first-order valence-electron chi connectivity index (χ1n) is 12.6. The number of esters is 1. The van der Waals surface area contributed by atoms with Gasteiger partial charge in [-0.25, -0.2) is 13.8 Å². The molecule has 0 bridgehead atoms. The van der Waals surface area contributed by atoms with Gasteiger partial charge in [0.05, 0.1) is 16.8 Å². The number of carbonyl (C=O) groups excluding carboxylic acids is 3. The van der Waals surface area contributed by atoms with Gasteiger partial charge in [-0.1, -0.05) is 18.2 Å². The fraction of sp³-hybridized carbons (Fsp3) is 0.591. The van der Waals surface area contributed by atoms with E-state index in [1.807, 2.05) is 5.32 Å². The lowest BCUT2D eigenvalue weighted by molar-refractivity contribution is -0.149. The van der Waals surface area contributed by atoms with E-state index in [1.165, 1.54) is 31.2 Å². The lowest BCUT2D eigenvalue weighted by atomic mass is 9.97. The Morgan fingerprint density at radius 2 is 2.08 bits per heavy atom. The highest BCUT2D eigenvalue weighted by molar-refractivity contribution is 7.52. The number of nitrogens with one attached hydrogen (secondary N) is 2. The van der Waals surface area contributed by atoms with Crippen molar-refractivity contribution in [3.8, 4) is 5.75 Å². The predicted molar refractivity (Wildman–Crippen MR) is 123 cm³/mol. The van der Waals surface area contributed by atoms with Crippen LogP contribution in [0.15, 0.2) is 30.3 Å². The Bertz CT molecular complexity index is 1130. The van der Waals surface area contributed by atoms with Crippen molar-refractivity contribution in [2.24, 2.45) is 0 Å². The van der Waals surface area contributed by atoms with Gasteiger partial charge in [0.1, 0.15) is 24.0 Å². The van der Waals surface area contributed by atoms with Crippen LogP contribution >= 0.6 is 7.75 Å². The zero-order valence-corrected chi connectivity index (χ0v) is 20.9. The molecule has 2 heterocycles. The molecular formula is C22H31FN3O9P. The Hall–Kier alpha value is -2.57. The minimum absolute atomic E-state index is 0.0404. The first-order valence-corrected chi connectivity index (χ1v) is 12.6. The molecule has 0 aromatic heterocycles. The number of nitrogens with zero attached hydrogens (tertiary/aromatic N) is 1. The molecule has 2 fully saturated rings. The van der Waals surface area contributed by atoms with Crippen LogP contribution in [0.1, 0.15) is 38.2 Å². The summed E-state index contributed by atoms with van der Waals surface area (Å²) < 4.78 is 75.4. The van der Waals surface area contributed by atoms with Gasteiger partial charge in [0.25, 0.3) is 0 Å². The lowest BCUT2D eigenvalue weighted by Crippen LogP contribution is -2.59. The van der Waals surface area contributed by atoms with E-state index < -0.39 is 81.4 Å². The van der Waals surface area contributed by atoms with Crippen LogP contribution in [0, 0.1) is 0 Å². The molecule has 2 saturated heterocycles. The van der Waals surface area contributed by atoms with Gasteiger partial charge in [-0.2, -0.15) is 5.09 Å². The molecule has 3 N–H and O–H groups in total. The third-order valence-corrected chi connectivity index (χ3v) is 6.65. The maximum atomic E-state index is 15.7. The minimum Gasteiger partial charge on any atom is -0.462 e. The Morgan fingerprint density at radius 3 is 2.69 bits per heavy atom. The van der Waals surface area contributed by atoms with E-state index in [0.717, 1.165) is 6.92 Å². The molecule has 0 radical (unpaired) electrons. The number of rotatable bonds is 10. The molecule has 12 nitrogen and oxygen atoms in total. The number of amides is 3. The number of urea groups is 1. The maximum absolute atomic E-state index is 15.7. The largest absolute Gasteiger partial charge is 0.462 e. The molecule has 2 aliphatic rings. The molecule has 1 unspecified atom stereocenters. The summed E-state index contributed by atoms with van der Waals surface area (Å²) in [6.07, 6.45) is -7.56. The second-order valence-electron chi connectivity index (χ2n) is 8.60. The summed E-state index contributed by atoms with van der Waals surface area (Å²) in [4.78, 5) is 36.8. The molecular weight excluding hydrogens is 500 g/mol. The van der Waals surface area contributed by atoms with Crippen molar-refractivity contribution in [1.82, 2.24) is 15.3 Å². The zero-order valence-electron chi connectivity index (χ0n) is 23.0. The highest BCUT2D eigenvalue weighted by atomic mass is 31.2. The fourth-order valence-corrected chi connectivity index (χ4v) is 4.72. The molecule has 2 aliphatic heterocycles. The Morgan fingerprint density at radius 1 is 1.42 bits per heavy atom. The number of hydrogen-bond donors (Lipinski definition) is 3. The number of alkyl halides is 1. The van der Waals surface area contributed by atoms with Gasteiger partial charge in [0, 0.05) is 12.9 Å². The van der Waals surface area contributed by atoms with Crippen molar-refractivity contribution in [3.05, 3.63) is 30.3 Å². The van der Waals surface area contributed by atoms with Crippen LogP contribution in [-0.2, 0) is 28.2 Å². The van der Waals surface area contributed by atoms with Gasteiger partial charge in [-0.15, -0.1) is 0 Å². The molecule has 14 heteroatoms. The monoisotopic (exact) mass is 534 g/mol. The lowest BCUT2D eigenvalue weighted by Gasteiger charge is -2.35. The number of aliphatic hydroxyl groups excluding tert-OH is 1. The van der Waals surface area contributed by atoms with Gasteiger partial charge in [-0.05, 0) is 39.8 Å². The van der Waals surface area contributed by atoms with Gasteiger partial charge < -0.3 is 19.1 Å². The summed E-state index contributed by atoms with van der Waals surface area (Å²) in [6, 6.07) is 4.94. The first-order chi connectivity index (χ1) is 18.0. The third kappa shape index (κ3) is 6.60. The van der Waals surface area contributed by atoms with E-state index in [0.29, 0.717) is 4.90 Å². The average molecular weight is 534 g/mol. The number of hydrogen-bond acceptors (Lipinski definition) is 9. The summed E-state index contributed by atoms with van der Waals surface area (Å²) in [5, 5.41) is 14.9. The van der Waals surface area contributed by atoms with Gasteiger partial charge in [0.2, 0.25) is 5.91 Å². The van der Waals surface area contributed by atoms with Crippen LogP contribution < -0.4 is 14.9 Å². The zero-order chi connectivity index (χ0) is 29.3. The molecule has 0 aliphatic carbocycles. The predicted octanol–water partition coefficient (Wildman–Crippen LogP) is 1.88. The maximum Gasteiger partial charge on any atom is 0.459 e. The van der Waals surface area contributed by atoms with Gasteiger partial charge in [0.15, 0.2) is 11.9 Å². The minimum atomic E-state index is -4.84. The van der Waals surface area contributed by atoms with Gasteiger partial charge in [-0.3, -0.25) is 24.3 Å². The molecule has 3 rings (SSSR count). The van der Waals surface area contributed by atoms with Crippen LogP contribution in [0.25, 0.3) is 0 Å². The van der Waals surface area contributed by atoms with Crippen molar-refractivity contribution < 1.29 is 51.1 Å². The number of ether oxygens (including phenoxy) is 2. The van der Waals surface area contributed by atoms with Crippen molar-refractivity contribution in [2.75, 3.05) is 13.1 Å². The standard InChI is InChI=1S/C22H31FN3O9P/c1-13(2)33-19(29)14(3)25-36(31,35-15-8-6-5-7-9-15)32-12-16-18(28)22(4,23)20(34-16)26-11-10-17(27)24-21(26)30/h5-9,13-14,16,18,20,28H,10-12H2,1-4H3,(H,25,31)(H,24,27,30)/t14-,16+,18+,20+,22+,36-/m0/s1/i11D,12D2/t11?,14-,16+,18+,20+,22+,36-. The van der Waals surface area contributed by atoms with Crippen LogP contribution in [-0.4, -0.2) is 77.2 Å². The van der Waals surface area contributed by atoms with Crippen LogP contribution in [0.4, 0.5) is 9.18 Å². The van der Waals surface area contributed by atoms with Crippen molar-refractivity contribution in [1.29, 1.82) is 0 Å². The van der Waals surface area contributed by atoms with Crippen molar-refractivity contribution in [3.63, 3.8) is 0 Å². The molecule has 1 aromatic carbocycles. The van der Waals surface area contributed by atoms with Crippen LogP contribution in [0.3, 0.4) is 0 Å². The highest BCUT2D eigenvalue weighted by Crippen LogP contribution is 2.46. The fourth-order valence-electron chi connectivity index (χ4n) is 3.36. The number of para-hydroxylation sites is 1. The quantitative estimate of drug-likeness (QED) is 0.300. The van der Waals surface area contributed by atoms with Crippen molar-refractivity contribution in [2.45, 2.75) is 70.4 Å². The summed E-state index contributed by atoms with van der Waals surface area (Å²) in [5.41, 5.74) is -2.86. The second-order valence-corrected chi connectivity index (χ2v) is 10.2. The summed E-state index contributed by atoms with van der Waals surface area (Å²) >= 11 is 0. The number of benzene rings is 1. The summed E-state index contributed by atoms with van der Waals surface area (Å²) in [7, 11) is -4.84. The van der Waals surface area contributed by atoms with Crippen LogP contribution in [0.2, 0.25) is 0 Å². The number of imide groups is 1. The Labute approximate surface area is 212 Å². The van der Waals surface area contributed by atoms with E-state index in [9.17, 15) is 24.1 Å². The summed E-state index contributed by atoms with van der Waals surface area (Å²) in [6.45, 7) is 0.402. The molecule has 1 aromatic rings. The smallest absolute Gasteiger partial charge is 0.459 e. The molecule has 0 saturated carbocycles. The number of carbonyl (C=O) groups is 3. The second kappa shape index (κ2) is 11.2. The normalized spacial score (nSPS) is 32.6. The van der Waals surface area contributed by atoms with E-state index in [-0.39, 0.29) is 5.75 Å². The molecule has 36 heavy (non-hydrogen) atoms. The molecule has 200 valence electrons. The Kier molecular flexibility index (Phi) is 7.42.